The van der Waals surface area contributed by atoms with Crippen molar-refractivity contribution in [2.45, 2.75) is 51.6 Å². The maximum Gasteiger partial charge on any atom is 0.102 e. The average Bonchev–Trinajstić information content (AvgIpc) is 2.33. The summed E-state index contributed by atoms with van der Waals surface area (Å²) >= 11 is 0. The second kappa shape index (κ2) is 6.14. The van der Waals surface area contributed by atoms with Crippen molar-refractivity contribution >= 4 is 0 Å². The molecule has 1 saturated heterocycles. The van der Waals surface area contributed by atoms with Gasteiger partial charge >= 0.3 is 0 Å². The number of halogens is 1. The first kappa shape index (κ1) is 13.3. The highest BCUT2D eigenvalue weighted by molar-refractivity contribution is 4.85. The zero-order valence-electron chi connectivity index (χ0n) is 11.4. The van der Waals surface area contributed by atoms with Gasteiger partial charge < -0.3 is 0 Å². The summed E-state index contributed by atoms with van der Waals surface area (Å²) in [6, 6.07) is 1.33. The van der Waals surface area contributed by atoms with Crippen molar-refractivity contribution in [2.75, 3.05) is 32.9 Å². The van der Waals surface area contributed by atoms with Crippen LogP contribution < -0.4 is 0 Å². The molecule has 0 amide bonds. The van der Waals surface area contributed by atoms with E-state index in [1.807, 2.05) is 0 Å². The molecule has 1 heterocycles. The Morgan fingerprint density at radius 1 is 1.06 bits per heavy atom. The predicted molar refractivity (Wildman–Crippen MR) is 70.0 cm³/mol. The normalized spacial score (nSPS) is 37.2. The lowest BCUT2D eigenvalue weighted by Gasteiger charge is -2.44. The fourth-order valence-corrected chi connectivity index (χ4v) is 3.40. The molecule has 100 valence electrons. The molecule has 2 aliphatic rings. The van der Waals surface area contributed by atoms with E-state index in [9.17, 15) is 4.39 Å². The molecule has 1 saturated carbocycles. The molecule has 1 atom stereocenters. The number of alkyl halides is 1. The van der Waals surface area contributed by atoms with Crippen LogP contribution in [-0.4, -0.2) is 54.7 Å². The van der Waals surface area contributed by atoms with E-state index >= 15 is 0 Å². The third kappa shape index (κ3) is 3.41. The van der Waals surface area contributed by atoms with Gasteiger partial charge in [-0.05, 0) is 38.5 Å². The van der Waals surface area contributed by atoms with Gasteiger partial charge in [-0.1, -0.05) is 6.92 Å². The standard InChI is InChI=1S/C14H27FN2/c1-12-3-5-14(6-4-12)17-10-9-16(8-7-15)13(2)11-17/h12-14H,3-11H2,1-2H3. The summed E-state index contributed by atoms with van der Waals surface area (Å²) in [5, 5.41) is 0. The zero-order chi connectivity index (χ0) is 12.3. The van der Waals surface area contributed by atoms with E-state index in [4.69, 9.17) is 0 Å². The van der Waals surface area contributed by atoms with Gasteiger partial charge in [0.2, 0.25) is 0 Å². The highest BCUT2D eigenvalue weighted by Crippen LogP contribution is 2.28. The molecular formula is C14H27FN2. The lowest BCUT2D eigenvalue weighted by atomic mass is 9.86. The number of piperazine rings is 1. The van der Waals surface area contributed by atoms with Crippen molar-refractivity contribution in [3.05, 3.63) is 0 Å². The van der Waals surface area contributed by atoms with Crippen molar-refractivity contribution in [1.29, 1.82) is 0 Å². The summed E-state index contributed by atoms with van der Waals surface area (Å²) < 4.78 is 12.4. The van der Waals surface area contributed by atoms with Crippen LogP contribution >= 0.6 is 0 Å². The molecule has 0 aromatic heterocycles. The molecule has 0 N–H and O–H groups in total. The second-order valence-electron chi connectivity index (χ2n) is 5.98. The SMILES string of the molecule is CC1CCC(N2CCN(CCF)C(C)C2)CC1. The molecule has 1 unspecified atom stereocenters. The highest BCUT2D eigenvalue weighted by Gasteiger charge is 2.29. The summed E-state index contributed by atoms with van der Waals surface area (Å²) in [5.74, 6) is 0.927. The van der Waals surface area contributed by atoms with Gasteiger partial charge in [-0.3, -0.25) is 9.80 Å². The summed E-state index contributed by atoms with van der Waals surface area (Å²) in [4.78, 5) is 4.95. The topological polar surface area (TPSA) is 6.48 Å². The van der Waals surface area contributed by atoms with Crippen LogP contribution in [0.1, 0.15) is 39.5 Å². The predicted octanol–water partition coefficient (Wildman–Crippen LogP) is 2.54. The zero-order valence-corrected chi connectivity index (χ0v) is 11.4. The molecule has 17 heavy (non-hydrogen) atoms. The van der Waals surface area contributed by atoms with E-state index < -0.39 is 0 Å². The minimum absolute atomic E-state index is 0.203. The van der Waals surface area contributed by atoms with E-state index in [1.165, 1.54) is 25.7 Å². The van der Waals surface area contributed by atoms with E-state index in [0.717, 1.165) is 31.6 Å². The third-order valence-electron chi connectivity index (χ3n) is 4.67. The Morgan fingerprint density at radius 3 is 2.35 bits per heavy atom. The Hall–Kier alpha value is -0.150. The molecule has 0 aromatic rings. The van der Waals surface area contributed by atoms with Crippen LogP contribution in [0.3, 0.4) is 0 Å². The first-order chi connectivity index (χ1) is 8.20. The first-order valence-electron chi connectivity index (χ1n) is 7.24. The Kier molecular flexibility index (Phi) is 4.80. The van der Waals surface area contributed by atoms with E-state index in [1.54, 1.807) is 0 Å². The number of rotatable bonds is 3. The molecule has 1 aliphatic carbocycles. The molecule has 0 bridgehead atoms. The van der Waals surface area contributed by atoms with Crippen LogP contribution in [0.4, 0.5) is 4.39 Å². The lowest BCUT2D eigenvalue weighted by molar-refractivity contribution is 0.0361. The van der Waals surface area contributed by atoms with Gasteiger partial charge in [0.05, 0.1) is 0 Å². The summed E-state index contributed by atoms with van der Waals surface area (Å²) in [5.41, 5.74) is 0. The number of hydrogen-bond donors (Lipinski definition) is 0. The van der Waals surface area contributed by atoms with Gasteiger partial charge in [0.25, 0.3) is 0 Å². The molecule has 1 aliphatic heterocycles. The molecule has 2 fully saturated rings. The van der Waals surface area contributed by atoms with E-state index in [0.29, 0.717) is 12.6 Å². The Bertz CT molecular complexity index is 226. The Labute approximate surface area is 105 Å². The molecule has 0 aromatic carbocycles. The smallest absolute Gasteiger partial charge is 0.102 e. The summed E-state index contributed by atoms with van der Waals surface area (Å²) in [7, 11) is 0. The average molecular weight is 242 g/mol. The largest absolute Gasteiger partial charge is 0.298 e. The van der Waals surface area contributed by atoms with Crippen LogP contribution in [0.25, 0.3) is 0 Å². The summed E-state index contributed by atoms with van der Waals surface area (Å²) in [6.07, 6.45) is 5.53. The van der Waals surface area contributed by atoms with Gasteiger partial charge in [0.1, 0.15) is 6.67 Å². The van der Waals surface area contributed by atoms with Crippen LogP contribution in [-0.2, 0) is 0 Å². The molecule has 2 rings (SSSR count). The highest BCUT2D eigenvalue weighted by atomic mass is 19.1. The van der Waals surface area contributed by atoms with Crippen molar-refractivity contribution in [2.24, 2.45) is 5.92 Å². The van der Waals surface area contributed by atoms with Gasteiger partial charge in [0, 0.05) is 38.3 Å². The van der Waals surface area contributed by atoms with Gasteiger partial charge in [-0.2, -0.15) is 0 Å². The molecule has 0 spiro atoms. The monoisotopic (exact) mass is 242 g/mol. The number of nitrogens with zero attached hydrogens (tertiary/aromatic N) is 2. The van der Waals surface area contributed by atoms with Gasteiger partial charge in [-0.25, -0.2) is 4.39 Å². The molecule has 3 heteroatoms. The minimum atomic E-state index is -0.203. The van der Waals surface area contributed by atoms with Gasteiger partial charge in [0.15, 0.2) is 0 Å². The minimum Gasteiger partial charge on any atom is -0.298 e. The maximum atomic E-state index is 12.4. The fraction of sp³-hybridized carbons (Fsp3) is 1.00. The quantitative estimate of drug-likeness (QED) is 0.750. The second-order valence-corrected chi connectivity index (χ2v) is 5.98. The molecule has 0 radical (unpaired) electrons. The van der Waals surface area contributed by atoms with Crippen molar-refractivity contribution < 1.29 is 4.39 Å². The van der Waals surface area contributed by atoms with E-state index in [2.05, 4.69) is 23.6 Å². The van der Waals surface area contributed by atoms with Crippen molar-refractivity contribution in [3.63, 3.8) is 0 Å². The van der Waals surface area contributed by atoms with Crippen molar-refractivity contribution in [3.8, 4) is 0 Å². The lowest BCUT2D eigenvalue weighted by Crippen LogP contribution is -2.55. The number of hydrogen-bond acceptors (Lipinski definition) is 2. The van der Waals surface area contributed by atoms with Crippen LogP contribution in [0.2, 0.25) is 0 Å². The van der Waals surface area contributed by atoms with Crippen LogP contribution in [0.5, 0.6) is 0 Å². The Balaban J connectivity index is 1.80. The van der Waals surface area contributed by atoms with Crippen LogP contribution in [0.15, 0.2) is 0 Å². The molecule has 2 nitrogen and oxygen atoms in total. The fourth-order valence-electron chi connectivity index (χ4n) is 3.40. The molecular weight excluding hydrogens is 215 g/mol. The summed E-state index contributed by atoms with van der Waals surface area (Å²) in [6.45, 7) is 8.37. The van der Waals surface area contributed by atoms with Gasteiger partial charge in [-0.15, -0.1) is 0 Å². The maximum absolute atomic E-state index is 12.4. The van der Waals surface area contributed by atoms with Crippen molar-refractivity contribution in [1.82, 2.24) is 9.80 Å². The first-order valence-corrected chi connectivity index (χ1v) is 7.24. The Morgan fingerprint density at radius 2 is 1.76 bits per heavy atom. The third-order valence-corrected chi connectivity index (χ3v) is 4.67. The van der Waals surface area contributed by atoms with Crippen LogP contribution in [0, 0.1) is 5.92 Å². The van der Waals surface area contributed by atoms with E-state index in [-0.39, 0.29) is 6.67 Å².